The molecule has 1 atom stereocenters. The van der Waals surface area contributed by atoms with Crippen LogP contribution in [0.4, 0.5) is 13.2 Å². The molecular formula is C13H14F3N3. The Balaban J connectivity index is 2.04. The molecule has 0 aromatic carbocycles. The van der Waals surface area contributed by atoms with Crippen LogP contribution in [-0.2, 0) is 12.6 Å². The second-order valence-electron chi connectivity index (χ2n) is 4.91. The van der Waals surface area contributed by atoms with Crippen LogP contribution >= 0.6 is 0 Å². The van der Waals surface area contributed by atoms with Gasteiger partial charge in [-0.1, -0.05) is 6.07 Å². The number of aromatic nitrogens is 2. The minimum atomic E-state index is -4.36. The van der Waals surface area contributed by atoms with Crippen molar-refractivity contribution in [2.45, 2.75) is 19.0 Å². The third kappa shape index (κ3) is 2.32. The summed E-state index contributed by atoms with van der Waals surface area (Å²) in [4.78, 5) is 4.17. The third-order valence-electron chi connectivity index (χ3n) is 3.55. The topological polar surface area (TPSA) is 29.3 Å². The van der Waals surface area contributed by atoms with E-state index in [0.717, 1.165) is 25.6 Å². The number of fused-ring (bicyclic) bond motifs is 1. The van der Waals surface area contributed by atoms with E-state index in [1.807, 2.05) is 0 Å². The Labute approximate surface area is 108 Å². The number of alkyl halides is 3. The second kappa shape index (κ2) is 4.52. The summed E-state index contributed by atoms with van der Waals surface area (Å²) in [6.07, 6.45) is -1.28. The summed E-state index contributed by atoms with van der Waals surface area (Å²) in [7, 11) is 0. The van der Waals surface area contributed by atoms with Crippen LogP contribution in [0, 0.1) is 5.92 Å². The van der Waals surface area contributed by atoms with E-state index in [0.29, 0.717) is 23.7 Å². The highest BCUT2D eigenvalue weighted by molar-refractivity contribution is 5.48. The van der Waals surface area contributed by atoms with E-state index in [-0.39, 0.29) is 0 Å². The van der Waals surface area contributed by atoms with Gasteiger partial charge in [0.1, 0.15) is 11.5 Å². The summed E-state index contributed by atoms with van der Waals surface area (Å²) >= 11 is 0. The van der Waals surface area contributed by atoms with Gasteiger partial charge in [0.05, 0.1) is 11.7 Å². The van der Waals surface area contributed by atoms with Crippen molar-refractivity contribution in [3.63, 3.8) is 0 Å². The van der Waals surface area contributed by atoms with Crippen LogP contribution in [-0.4, -0.2) is 22.5 Å². The number of hydrogen-bond acceptors (Lipinski definition) is 2. The third-order valence-corrected chi connectivity index (χ3v) is 3.55. The quantitative estimate of drug-likeness (QED) is 0.907. The lowest BCUT2D eigenvalue weighted by molar-refractivity contribution is -0.142. The first-order valence-electron chi connectivity index (χ1n) is 6.29. The molecule has 3 nitrogen and oxygen atoms in total. The molecular weight excluding hydrogens is 255 g/mol. The van der Waals surface area contributed by atoms with Crippen LogP contribution in [0.15, 0.2) is 24.4 Å². The van der Waals surface area contributed by atoms with Crippen LogP contribution in [0.3, 0.4) is 0 Å². The van der Waals surface area contributed by atoms with Crippen LogP contribution < -0.4 is 5.32 Å². The molecule has 0 spiro atoms. The molecule has 0 saturated carbocycles. The van der Waals surface area contributed by atoms with Gasteiger partial charge in [0.15, 0.2) is 0 Å². The first-order chi connectivity index (χ1) is 9.05. The fraction of sp³-hybridized carbons (Fsp3) is 0.462. The van der Waals surface area contributed by atoms with Gasteiger partial charge in [0, 0.05) is 6.42 Å². The van der Waals surface area contributed by atoms with E-state index in [1.165, 1.54) is 16.7 Å². The number of hydrogen-bond donors (Lipinski definition) is 1. The van der Waals surface area contributed by atoms with Gasteiger partial charge in [-0.05, 0) is 37.6 Å². The summed E-state index contributed by atoms with van der Waals surface area (Å²) in [6.45, 7) is 1.78. The molecule has 0 radical (unpaired) electrons. The first kappa shape index (κ1) is 12.5. The lowest BCUT2D eigenvalue weighted by Gasteiger charge is -2.13. The predicted octanol–water partition coefficient (Wildman–Crippen LogP) is 2.51. The SMILES string of the molecule is FC(F)(F)c1cccc2cnc(CC3CCNC3)n12. The average molecular weight is 269 g/mol. The molecule has 0 bridgehead atoms. The number of rotatable bonds is 2. The van der Waals surface area contributed by atoms with Crippen LogP contribution in [0.25, 0.3) is 5.52 Å². The summed E-state index contributed by atoms with van der Waals surface area (Å²) in [5.74, 6) is 0.864. The van der Waals surface area contributed by atoms with Gasteiger partial charge in [-0.15, -0.1) is 0 Å². The molecule has 1 fully saturated rings. The number of nitrogens with zero attached hydrogens (tertiary/aromatic N) is 2. The van der Waals surface area contributed by atoms with Gasteiger partial charge in [-0.3, -0.25) is 4.40 Å². The van der Waals surface area contributed by atoms with E-state index in [9.17, 15) is 13.2 Å². The predicted molar refractivity (Wildman–Crippen MR) is 64.9 cm³/mol. The number of halogens is 3. The fourth-order valence-corrected chi connectivity index (χ4v) is 2.63. The Morgan fingerprint density at radius 1 is 1.37 bits per heavy atom. The van der Waals surface area contributed by atoms with Crippen molar-refractivity contribution in [1.82, 2.24) is 14.7 Å². The highest BCUT2D eigenvalue weighted by atomic mass is 19.4. The molecule has 1 aliphatic rings. The lowest BCUT2D eigenvalue weighted by Crippen LogP contribution is -2.16. The molecule has 2 aromatic heterocycles. The molecule has 1 aliphatic heterocycles. The second-order valence-corrected chi connectivity index (χ2v) is 4.91. The maximum atomic E-state index is 13.0. The van der Waals surface area contributed by atoms with Crippen molar-refractivity contribution in [1.29, 1.82) is 0 Å². The van der Waals surface area contributed by atoms with Crippen molar-refractivity contribution in [2.75, 3.05) is 13.1 Å². The van der Waals surface area contributed by atoms with E-state index < -0.39 is 11.9 Å². The van der Waals surface area contributed by atoms with Gasteiger partial charge < -0.3 is 5.32 Å². The molecule has 3 heterocycles. The summed E-state index contributed by atoms with van der Waals surface area (Å²) < 4.78 is 40.3. The number of imidazole rings is 1. The molecule has 1 saturated heterocycles. The molecule has 2 aromatic rings. The van der Waals surface area contributed by atoms with Crippen molar-refractivity contribution < 1.29 is 13.2 Å². The minimum Gasteiger partial charge on any atom is -0.316 e. The van der Waals surface area contributed by atoms with Gasteiger partial charge >= 0.3 is 6.18 Å². The summed E-state index contributed by atoms with van der Waals surface area (Å²) in [6, 6.07) is 4.17. The van der Waals surface area contributed by atoms with E-state index >= 15 is 0 Å². The van der Waals surface area contributed by atoms with Crippen LogP contribution in [0.5, 0.6) is 0 Å². The molecule has 6 heteroatoms. The maximum absolute atomic E-state index is 13.0. The van der Waals surface area contributed by atoms with Gasteiger partial charge in [0.25, 0.3) is 0 Å². The molecule has 19 heavy (non-hydrogen) atoms. The van der Waals surface area contributed by atoms with Crippen LogP contribution in [0.2, 0.25) is 0 Å². The zero-order chi connectivity index (χ0) is 13.5. The molecule has 1 unspecified atom stereocenters. The molecule has 102 valence electrons. The van der Waals surface area contributed by atoms with Crippen LogP contribution in [0.1, 0.15) is 17.9 Å². The van der Waals surface area contributed by atoms with E-state index in [4.69, 9.17) is 0 Å². The fourth-order valence-electron chi connectivity index (χ4n) is 2.63. The lowest BCUT2D eigenvalue weighted by atomic mass is 10.0. The van der Waals surface area contributed by atoms with Gasteiger partial charge in [0.2, 0.25) is 0 Å². The monoisotopic (exact) mass is 269 g/mol. The molecule has 1 N–H and O–H groups in total. The molecule has 0 amide bonds. The van der Waals surface area contributed by atoms with Crippen molar-refractivity contribution >= 4 is 5.52 Å². The average Bonchev–Trinajstić information content (AvgIpc) is 2.98. The molecule has 0 aliphatic carbocycles. The summed E-state index contributed by atoms with van der Waals surface area (Å²) in [5.41, 5.74) is -0.153. The van der Waals surface area contributed by atoms with E-state index in [2.05, 4.69) is 10.3 Å². The Hall–Kier alpha value is -1.56. The number of nitrogens with one attached hydrogen (secondary N) is 1. The minimum absolute atomic E-state index is 0.367. The van der Waals surface area contributed by atoms with Gasteiger partial charge in [-0.25, -0.2) is 4.98 Å². The van der Waals surface area contributed by atoms with E-state index in [1.54, 1.807) is 6.07 Å². The van der Waals surface area contributed by atoms with Crippen molar-refractivity contribution in [3.05, 3.63) is 35.9 Å². The Kier molecular flexibility index (Phi) is 2.97. The molecule has 3 rings (SSSR count). The largest absolute Gasteiger partial charge is 0.431 e. The standard InChI is InChI=1S/C13H14F3N3/c14-13(15,16)11-3-1-2-10-8-18-12(19(10)11)6-9-4-5-17-7-9/h1-3,8-9,17H,4-7H2. The highest BCUT2D eigenvalue weighted by Crippen LogP contribution is 2.31. The number of pyridine rings is 1. The zero-order valence-electron chi connectivity index (χ0n) is 10.2. The Morgan fingerprint density at radius 2 is 2.21 bits per heavy atom. The maximum Gasteiger partial charge on any atom is 0.431 e. The summed E-state index contributed by atoms with van der Waals surface area (Å²) in [5, 5.41) is 3.22. The smallest absolute Gasteiger partial charge is 0.316 e. The Bertz CT molecular complexity index is 582. The first-order valence-corrected chi connectivity index (χ1v) is 6.29. The normalized spacial score (nSPS) is 20.3. The van der Waals surface area contributed by atoms with Crippen molar-refractivity contribution in [2.24, 2.45) is 5.92 Å². The highest BCUT2D eigenvalue weighted by Gasteiger charge is 2.34. The van der Waals surface area contributed by atoms with Gasteiger partial charge in [-0.2, -0.15) is 13.2 Å². The Morgan fingerprint density at radius 3 is 2.89 bits per heavy atom. The van der Waals surface area contributed by atoms with Crippen molar-refractivity contribution in [3.8, 4) is 0 Å². The zero-order valence-corrected chi connectivity index (χ0v) is 10.2.